The predicted molar refractivity (Wildman–Crippen MR) is 64.1 cm³/mol. The molecule has 2 rings (SSSR count). The van der Waals surface area contributed by atoms with Crippen LogP contribution in [0.3, 0.4) is 0 Å². The molecule has 0 radical (unpaired) electrons. The first-order chi connectivity index (χ1) is 8.65. The van der Waals surface area contributed by atoms with Gasteiger partial charge < -0.3 is 9.52 Å². The van der Waals surface area contributed by atoms with Gasteiger partial charge >= 0.3 is 5.97 Å². The van der Waals surface area contributed by atoms with E-state index in [1.807, 2.05) is 0 Å². The summed E-state index contributed by atoms with van der Waals surface area (Å²) in [7, 11) is 0. The minimum Gasteiger partial charge on any atom is -0.480 e. The smallest absolute Gasteiger partial charge is 0.317 e. The van der Waals surface area contributed by atoms with Gasteiger partial charge in [-0.1, -0.05) is 11.6 Å². The number of carboxylic acids is 1. The summed E-state index contributed by atoms with van der Waals surface area (Å²) in [5, 5.41) is 19.4. The summed E-state index contributed by atoms with van der Waals surface area (Å²) in [5.74, 6) is -0.229. The summed E-state index contributed by atoms with van der Waals surface area (Å²) < 4.78 is 5.37. The molecule has 0 saturated carbocycles. The van der Waals surface area contributed by atoms with E-state index in [1.54, 1.807) is 24.3 Å². The van der Waals surface area contributed by atoms with Crippen LogP contribution in [0.15, 0.2) is 28.7 Å². The second-order valence-corrected chi connectivity index (χ2v) is 3.94. The highest BCUT2D eigenvalue weighted by atomic mass is 35.5. The van der Waals surface area contributed by atoms with Crippen molar-refractivity contribution in [1.29, 1.82) is 0 Å². The van der Waals surface area contributed by atoms with Crippen molar-refractivity contribution < 1.29 is 14.3 Å². The first-order valence-corrected chi connectivity index (χ1v) is 5.54. The van der Waals surface area contributed by atoms with Crippen molar-refractivity contribution in [3.63, 3.8) is 0 Å². The third kappa shape index (κ3) is 3.28. The number of hydrogen-bond acceptors (Lipinski definition) is 5. The maximum Gasteiger partial charge on any atom is 0.317 e. The van der Waals surface area contributed by atoms with Gasteiger partial charge in [0.25, 0.3) is 0 Å². The fraction of sp³-hybridized carbons (Fsp3) is 0.182. The molecule has 0 aliphatic carbocycles. The Morgan fingerprint density at radius 2 is 2.06 bits per heavy atom. The van der Waals surface area contributed by atoms with Crippen LogP contribution in [0.1, 0.15) is 5.89 Å². The number of hydrogen-bond donors (Lipinski definition) is 2. The van der Waals surface area contributed by atoms with Crippen molar-refractivity contribution in [3.05, 3.63) is 35.2 Å². The van der Waals surface area contributed by atoms with E-state index in [0.29, 0.717) is 16.8 Å². The molecule has 1 heterocycles. The minimum absolute atomic E-state index is 0.154. The molecule has 0 spiro atoms. The number of halogens is 1. The Morgan fingerprint density at radius 1 is 1.33 bits per heavy atom. The van der Waals surface area contributed by atoms with Crippen molar-refractivity contribution in [2.45, 2.75) is 6.54 Å². The number of nitrogens with one attached hydrogen (secondary N) is 1. The van der Waals surface area contributed by atoms with E-state index in [0.717, 1.165) is 5.56 Å². The summed E-state index contributed by atoms with van der Waals surface area (Å²) in [6.07, 6.45) is 0. The van der Waals surface area contributed by atoms with Gasteiger partial charge in [0, 0.05) is 10.6 Å². The van der Waals surface area contributed by atoms with Crippen LogP contribution in [0.25, 0.3) is 11.5 Å². The summed E-state index contributed by atoms with van der Waals surface area (Å²) in [5.41, 5.74) is 0.761. The molecule has 0 atom stereocenters. The number of nitrogens with zero attached hydrogens (tertiary/aromatic N) is 2. The highest BCUT2D eigenvalue weighted by Crippen LogP contribution is 2.19. The van der Waals surface area contributed by atoms with Crippen molar-refractivity contribution in [1.82, 2.24) is 15.5 Å². The number of rotatable bonds is 5. The Morgan fingerprint density at radius 3 is 2.72 bits per heavy atom. The zero-order chi connectivity index (χ0) is 13.0. The van der Waals surface area contributed by atoms with E-state index in [2.05, 4.69) is 15.5 Å². The highest BCUT2D eigenvalue weighted by molar-refractivity contribution is 6.30. The topological polar surface area (TPSA) is 88.2 Å². The molecule has 6 nitrogen and oxygen atoms in total. The summed E-state index contributed by atoms with van der Waals surface area (Å²) in [6.45, 7) is 0.0611. The molecule has 94 valence electrons. The molecule has 7 heteroatoms. The van der Waals surface area contributed by atoms with Crippen molar-refractivity contribution in [3.8, 4) is 11.5 Å². The van der Waals surface area contributed by atoms with Gasteiger partial charge in [-0.15, -0.1) is 10.2 Å². The molecule has 18 heavy (non-hydrogen) atoms. The van der Waals surface area contributed by atoms with Crippen molar-refractivity contribution >= 4 is 17.6 Å². The number of benzene rings is 1. The van der Waals surface area contributed by atoms with Gasteiger partial charge in [-0.25, -0.2) is 0 Å². The Labute approximate surface area is 108 Å². The van der Waals surface area contributed by atoms with Crippen LogP contribution in [-0.2, 0) is 11.3 Å². The SMILES string of the molecule is O=C(O)CNCc1nnc(-c2ccc(Cl)cc2)o1. The second-order valence-electron chi connectivity index (χ2n) is 3.51. The number of aliphatic carboxylic acids is 1. The number of carbonyl (C=O) groups is 1. The van der Waals surface area contributed by atoms with Crippen LogP contribution in [0.4, 0.5) is 0 Å². The van der Waals surface area contributed by atoms with Crippen LogP contribution < -0.4 is 5.32 Å². The zero-order valence-electron chi connectivity index (χ0n) is 9.26. The molecule has 0 amide bonds. The Bertz CT molecular complexity index is 539. The Hall–Kier alpha value is -1.92. The lowest BCUT2D eigenvalue weighted by atomic mass is 10.2. The summed E-state index contributed by atoms with van der Waals surface area (Å²) >= 11 is 5.77. The van der Waals surface area contributed by atoms with Crippen LogP contribution in [0, 0.1) is 0 Å². The summed E-state index contributed by atoms with van der Waals surface area (Å²) in [6, 6.07) is 6.99. The normalized spacial score (nSPS) is 10.5. The molecule has 0 aliphatic rings. The molecular formula is C11H10ClN3O3. The minimum atomic E-state index is -0.938. The first-order valence-electron chi connectivity index (χ1n) is 5.16. The van der Waals surface area contributed by atoms with E-state index in [1.165, 1.54) is 0 Å². The molecule has 0 aliphatic heterocycles. The highest BCUT2D eigenvalue weighted by Gasteiger charge is 2.08. The average molecular weight is 268 g/mol. The van der Waals surface area contributed by atoms with Gasteiger partial charge in [0.05, 0.1) is 13.1 Å². The monoisotopic (exact) mass is 267 g/mol. The van der Waals surface area contributed by atoms with Crippen LogP contribution in [-0.4, -0.2) is 27.8 Å². The molecule has 0 saturated heterocycles. The maximum atomic E-state index is 10.3. The lowest BCUT2D eigenvalue weighted by Gasteiger charge is -1.96. The van der Waals surface area contributed by atoms with Gasteiger partial charge in [-0.3, -0.25) is 10.1 Å². The van der Waals surface area contributed by atoms with E-state index in [9.17, 15) is 4.79 Å². The van der Waals surface area contributed by atoms with Gasteiger partial charge in [0.2, 0.25) is 11.8 Å². The van der Waals surface area contributed by atoms with E-state index in [-0.39, 0.29) is 13.1 Å². The molecule has 1 aromatic heterocycles. The second kappa shape index (κ2) is 5.61. The van der Waals surface area contributed by atoms with Gasteiger partial charge in [0.1, 0.15) is 0 Å². The van der Waals surface area contributed by atoms with Gasteiger partial charge in [0.15, 0.2) is 0 Å². The predicted octanol–water partition coefficient (Wildman–Crippen LogP) is 1.56. The summed E-state index contributed by atoms with van der Waals surface area (Å²) in [4.78, 5) is 10.3. The standard InChI is InChI=1S/C11H10ClN3O3/c12-8-3-1-7(2-4-8)11-15-14-9(18-11)5-13-6-10(16)17/h1-4,13H,5-6H2,(H,16,17). The molecule has 2 aromatic rings. The molecule has 1 aromatic carbocycles. The Balaban J connectivity index is 2.01. The molecule has 2 N–H and O–H groups in total. The molecule has 0 bridgehead atoms. The Kier molecular flexibility index (Phi) is 3.91. The van der Waals surface area contributed by atoms with Crippen LogP contribution in [0.5, 0.6) is 0 Å². The molecule has 0 fully saturated rings. The maximum absolute atomic E-state index is 10.3. The lowest BCUT2D eigenvalue weighted by molar-refractivity contribution is -0.136. The third-order valence-corrected chi connectivity index (χ3v) is 2.36. The number of aromatic nitrogens is 2. The van der Waals surface area contributed by atoms with Crippen LogP contribution >= 0.6 is 11.6 Å². The zero-order valence-corrected chi connectivity index (χ0v) is 10.0. The molecule has 0 unspecified atom stereocenters. The third-order valence-electron chi connectivity index (χ3n) is 2.11. The first kappa shape index (κ1) is 12.5. The van der Waals surface area contributed by atoms with Crippen molar-refractivity contribution in [2.75, 3.05) is 6.54 Å². The van der Waals surface area contributed by atoms with Crippen molar-refractivity contribution in [2.24, 2.45) is 0 Å². The van der Waals surface area contributed by atoms with Crippen LogP contribution in [0.2, 0.25) is 5.02 Å². The average Bonchev–Trinajstić information content (AvgIpc) is 2.78. The largest absolute Gasteiger partial charge is 0.480 e. The lowest BCUT2D eigenvalue weighted by Crippen LogP contribution is -2.21. The fourth-order valence-corrected chi connectivity index (χ4v) is 1.44. The van der Waals surface area contributed by atoms with E-state index in [4.69, 9.17) is 21.1 Å². The van der Waals surface area contributed by atoms with Gasteiger partial charge in [-0.05, 0) is 24.3 Å². The van der Waals surface area contributed by atoms with E-state index >= 15 is 0 Å². The quantitative estimate of drug-likeness (QED) is 0.855. The van der Waals surface area contributed by atoms with Gasteiger partial charge in [-0.2, -0.15) is 0 Å². The molecular weight excluding hydrogens is 258 g/mol. The fourth-order valence-electron chi connectivity index (χ4n) is 1.31. The number of carboxylic acid groups (broad SMARTS) is 1. The van der Waals surface area contributed by atoms with E-state index < -0.39 is 5.97 Å².